The summed E-state index contributed by atoms with van der Waals surface area (Å²) in [7, 11) is -4.11. The van der Waals surface area contributed by atoms with Crippen LogP contribution >= 0.6 is 19.2 Å². The van der Waals surface area contributed by atoms with Crippen molar-refractivity contribution in [1.29, 1.82) is 5.26 Å². The first-order chi connectivity index (χ1) is 32.3. The third-order valence-corrected chi connectivity index (χ3v) is 15.5. The number of hydrogen-bond acceptors (Lipinski definition) is 12. The Morgan fingerprint density at radius 3 is 2.27 bits per heavy atom. The molecule has 4 heterocycles. The van der Waals surface area contributed by atoms with Gasteiger partial charge < -0.3 is 33.9 Å². The van der Waals surface area contributed by atoms with Crippen molar-refractivity contribution in [2.24, 2.45) is 0 Å². The van der Waals surface area contributed by atoms with Crippen molar-refractivity contribution >= 4 is 30.5 Å². The van der Waals surface area contributed by atoms with E-state index in [2.05, 4.69) is 17.0 Å². The SMILES string of the molecule is CCCCCCCCCCCCCCCCCCOC[C@H](CCP(=O)(Oc1ccccc1Cl)OC1[C@@]2(C)O[C@@H](c3ccc4c(N)ncnn34)[C@@H]3OC(C)(C)O[C@@]132)OCc1cc(F)cc(C#N)c1. The van der Waals surface area contributed by atoms with Crippen molar-refractivity contribution in [2.45, 2.75) is 185 Å². The molecule has 2 aliphatic heterocycles. The summed E-state index contributed by atoms with van der Waals surface area (Å²) >= 11 is 6.58. The molecule has 1 aliphatic carbocycles. The van der Waals surface area contributed by atoms with Crippen LogP contribution in [0.5, 0.6) is 5.75 Å². The second kappa shape index (κ2) is 23.3. The first kappa shape index (κ1) is 51.2. The van der Waals surface area contributed by atoms with Gasteiger partial charge in [0, 0.05) is 6.61 Å². The number of rotatable bonds is 30. The van der Waals surface area contributed by atoms with Gasteiger partial charge in [-0.2, -0.15) is 10.4 Å². The number of halogens is 2. The highest BCUT2D eigenvalue weighted by Gasteiger charge is 2.92. The highest BCUT2D eigenvalue weighted by Crippen LogP contribution is 2.74. The third kappa shape index (κ3) is 12.6. The molecule has 1 saturated carbocycles. The monoisotopic (exact) mass is 965 g/mol. The zero-order valence-electron chi connectivity index (χ0n) is 39.8. The summed E-state index contributed by atoms with van der Waals surface area (Å²) in [6.45, 7) is 8.50. The van der Waals surface area contributed by atoms with Gasteiger partial charge >= 0.3 is 7.60 Å². The summed E-state index contributed by atoms with van der Waals surface area (Å²) in [5, 5.41) is 14.2. The largest absolute Gasteiger partial charge is 0.423 e. The summed E-state index contributed by atoms with van der Waals surface area (Å²) < 4.78 is 76.9. The van der Waals surface area contributed by atoms with Crippen LogP contribution in [0.2, 0.25) is 5.02 Å². The smallest absolute Gasteiger partial charge is 0.379 e. The molecule has 2 aromatic heterocycles. The molecular weight excluding hydrogens is 896 g/mol. The van der Waals surface area contributed by atoms with Crippen LogP contribution in [0.4, 0.5) is 10.2 Å². The van der Waals surface area contributed by atoms with Crippen molar-refractivity contribution in [3.05, 3.63) is 88.6 Å². The number of fused-ring (bicyclic) bond motifs is 1. The molecule has 0 bridgehead atoms. The van der Waals surface area contributed by atoms with E-state index in [0.717, 1.165) is 19.3 Å². The van der Waals surface area contributed by atoms with Gasteiger partial charge in [0.1, 0.15) is 47.3 Å². The highest BCUT2D eigenvalue weighted by molar-refractivity contribution is 7.54. The Labute approximate surface area is 401 Å². The van der Waals surface area contributed by atoms with Crippen molar-refractivity contribution < 1.29 is 41.7 Å². The molecule has 7 rings (SSSR count). The second-order valence-electron chi connectivity index (χ2n) is 19.1. The van der Waals surface area contributed by atoms with Crippen LogP contribution in [-0.4, -0.2) is 69.3 Å². The summed E-state index contributed by atoms with van der Waals surface area (Å²) in [5.41, 5.74) is 5.89. The molecule has 3 aliphatic rings. The van der Waals surface area contributed by atoms with Gasteiger partial charge in [0.15, 0.2) is 17.2 Å². The lowest BCUT2D eigenvalue weighted by Gasteiger charge is -2.27. The number of unbranched alkanes of at least 4 members (excludes halogenated alkanes) is 15. The van der Waals surface area contributed by atoms with Crippen LogP contribution in [0, 0.1) is 17.1 Å². The molecule has 2 aromatic carbocycles. The molecule has 366 valence electrons. The average molecular weight is 967 g/mol. The van der Waals surface area contributed by atoms with Gasteiger partial charge in [0.2, 0.25) is 0 Å². The van der Waals surface area contributed by atoms with Crippen LogP contribution in [0.25, 0.3) is 5.52 Å². The molecule has 0 amide bonds. The summed E-state index contributed by atoms with van der Waals surface area (Å²) in [4.78, 5) is 4.12. The van der Waals surface area contributed by atoms with Crippen LogP contribution in [-0.2, 0) is 39.4 Å². The number of aromatic nitrogens is 3. The van der Waals surface area contributed by atoms with Gasteiger partial charge in [0.25, 0.3) is 0 Å². The minimum atomic E-state index is -4.11. The Kier molecular flexibility index (Phi) is 17.8. The fourth-order valence-corrected chi connectivity index (χ4v) is 12.0. The molecule has 2 unspecified atom stereocenters. The maximum Gasteiger partial charge on any atom is 0.379 e. The van der Waals surface area contributed by atoms with Crippen molar-refractivity contribution in [3.8, 4) is 11.8 Å². The van der Waals surface area contributed by atoms with Gasteiger partial charge in [-0.15, -0.1) is 0 Å². The Morgan fingerprint density at radius 1 is 0.925 bits per heavy atom. The van der Waals surface area contributed by atoms with E-state index in [1.807, 2.05) is 39.0 Å². The second-order valence-corrected chi connectivity index (χ2v) is 21.6. The summed E-state index contributed by atoms with van der Waals surface area (Å²) in [6.07, 6.45) is 19.2. The molecule has 3 fully saturated rings. The molecule has 0 radical (unpaired) electrons. The predicted molar refractivity (Wildman–Crippen MR) is 256 cm³/mol. The van der Waals surface area contributed by atoms with E-state index in [0.29, 0.717) is 29.2 Å². The maximum atomic E-state index is 15.3. The highest BCUT2D eigenvalue weighted by atomic mass is 35.5. The molecule has 67 heavy (non-hydrogen) atoms. The molecule has 16 heteroatoms. The van der Waals surface area contributed by atoms with Crippen LogP contribution < -0.4 is 10.3 Å². The topological polar surface area (TPSA) is 162 Å². The Bertz CT molecular complexity index is 2330. The minimum absolute atomic E-state index is 0.00199. The van der Waals surface area contributed by atoms with E-state index in [1.54, 1.807) is 34.8 Å². The molecule has 13 nitrogen and oxygen atoms in total. The molecule has 2 N–H and O–H groups in total. The zero-order valence-corrected chi connectivity index (χ0v) is 41.4. The normalized spacial score (nSPS) is 24.0. The first-order valence-electron chi connectivity index (χ1n) is 24.6. The van der Waals surface area contributed by atoms with Crippen LogP contribution in [0.1, 0.15) is 160 Å². The number of ether oxygens (including phenoxy) is 5. The molecule has 2 saturated heterocycles. The Balaban J connectivity index is 0.968. The molecule has 4 aromatic rings. The summed E-state index contributed by atoms with van der Waals surface area (Å²) in [6, 6.07) is 16.6. The minimum Gasteiger partial charge on any atom is -0.423 e. The van der Waals surface area contributed by atoms with E-state index in [9.17, 15) is 9.65 Å². The van der Waals surface area contributed by atoms with Crippen molar-refractivity contribution in [2.75, 3.05) is 25.1 Å². The number of nitrogens with zero attached hydrogens (tertiary/aromatic N) is 4. The van der Waals surface area contributed by atoms with Gasteiger partial charge in [-0.05, 0) is 81.6 Å². The predicted octanol–water partition coefficient (Wildman–Crippen LogP) is 12.6. The van der Waals surface area contributed by atoms with Crippen LogP contribution in [0.3, 0.4) is 0 Å². The molecular formula is C51H70ClFN5O8P. The average Bonchev–Trinajstić information content (AvgIpc) is 3.68. The number of nitriles is 1. The maximum absolute atomic E-state index is 15.3. The van der Waals surface area contributed by atoms with E-state index >= 15 is 4.57 Å². The lowest BCUT2D eigenvalue weighted by Crippen LogP contribution is -2.33. The zero-order chi connectivity index (χ0) is 47.5. The fourth-order valence-electron chi connectivity index (χ4n) is 9.81. The van der Waals surface area contributed by atoms with Gasteiger partial charge in [-0.3, -0.25) is 4.52 Å². The lowest BCUT2D eigenvalue weighted by molar-refractivity contribution is -0.186. The van der Waals surface area contributed by atoms with Crippen molar-refractivity contribution in [1.82, 2.24) is 14.6 Å². The Hall–Kier alpha value is -3.64. The quantitative estimate of drug-likeness (QED) is 0.0389. The number of nitrogen functional groups attached to an aromatic ring is 1. The van der Waals surface area contributed by atoms with Gasteiger partial charge in [-0.1, -0.05) is 127 Å². The van der Waals surface area contributed by atoms with Gasteiger partial charge in [-0.25, -0.2) is 18.5 Å². The Morgan fingerprint density at radius 2 is 1.60 bits per heavy atom. The third-order valence-electron chi connectivity index (χ3n) is 13.4. The summed E-state index contributed by atoms with van der Waals surface area (Å²) in [5.74, 6) is -1.05. The van der Waals surface area contributed by atoms with Gasteiger partial charge in [0.05, 0.1) is 47.8 Å². The van der Waals surface area contributed by atoms with Crippen molar-refractivity contribution in [3.63, 3.8) is 0 Å². The number of para-hydroxylation sites is 1. The van der Waals surface area contributed by atoms with E-state index in [-0.39, 0.29) is 42.1 Å². The standard InChI is InChI=1S/C51H70ClFN5O8P/c1-5-6-7-8-9-10-11-12-13-14-15-16-17-18-19-22-28-60-35-40(61-34-38-30-37(33-54)31-39(53)32-38)27-29-67(59,64-44-24-21-20-23-41(44)52)65-48-50(4)51(48)46(63-49(2,3)66-51)45(62-50)42-25-26-43-47(55)56-36-57-58(42)43/h20-21,23-26,30-32,36,40,45-46,48H,5-19,22,27-29,34-35H2,1-4H3,(H2,55,56,57)/t40-,45-,46-,48?,50+,51+,67?/m0/s1. The van der Waals surface area contributed by atoms with Crippen LogP contribution in [0.15, 0.2) is 60.9 Å². The number of benzene rings is 2. The lowest BCUT2D eigenvalue weighted by atomic mass is 10.0. The molecule has 7 atom stereocenters. The number of hydrogen-bond donors (Lipinski definition) is 1. The van der Waals surface area contributed by atoms with E-state index in [1.165, 1.54) is 102 Å². The first-order valence-corrected chi connectivity index (χ1v) is 26.7. The van der Waals surface area contributed by atoms with E-state index < -0.39 is 54.8 Å². The number of nitrogens with two attached hydrogens (primary N) is 1. The number of anilines is 1. The fraction of sp³-hybridized carbons (Fsp3) is 0.627. The van der Waals surface area contributed by atoms with E-state index in [4.69, 9.17) is 50.1 Å². The molecule has 1 spiro atoms.